The number of nitrogens with one attached hydrogen (secondary N) is 2. The Hall–Kier alpha value is -3.04. The van der Waals surface area contributed by atoms with Crippen molar-refractivity contribution >= 4 is 17.5 Å². The number of ether oxygens (including phenoxy) is 1. The van der Waals surface area contributed by atoms with Crippen molar-refractivity contribution in [2.24, 2.45) is 11.8 Å². The van der Waals surface area contributed by atoms with Crippen LogP contribution in [0.4, 0.5) is 14.5 Å². The molecular weight excluding hydrogens is 562 g/mol. The van der Waals surface area contributed by atoms with E-state index in [1.807, 2.05) is 19.9 Å². The molecule has 0 aromatic heterocycles. The summed E-state index contributed by atoms with van der Waals surface area (Å²) in [4.78, 5) is 31.0. The van der Waals surface area contributed by atoms with E-state index in [4.69, 9.17) is 4.74 Å². The number of carbonyl (C=O) groups is 2. The monoisotopic (exact) mass is 610 g/mol. The van der Waals surface area contributed by atoms with Gasteiger partial charge >= 0.3 is 0 Å². The molecule has 3 aliphatic heterocycles. The summed E-state index contributed by atoms with van der Waals surface area (Å²) in [6, 6.07) is 12.8. The van der Waals surface area contributed by atoms with E-state index in [9.17, 15) is 18.4 Å². The lowest BCUT2D eigenvalue weighted by Gasteiger charge is -2.37. The molecule has 3 atom stereocenters. The zero-order valence-electron chi connectivity index (χ0n) is 26.6. The van der Waals surface area contributed by atoms with Crippen molar-refractivity contribution < 1.29 is 23.1 Å². The van der Waals surface area contributed by atoms with Gasteiger partial charge in [0.1, 0.15) is 0 Å². The van der Waals surface area contributed by atoms with E-state index in [2.05, 4.69) is 64.6 Å². The lowest BCUT2D eigenvalue weighted by Crippen LogP contribution is -2.50. The fourth-order valence-electron chi connectivity index (χ4n) is 7.10. The molecule has 3 heterocycles. The number of alkyl halides is 2. The van der Waals surface area contributed by atoms with E-state index in [0.717, 1.165) is 67.0 Å². The van der Waals surface area contributed by atoms with Crippen LogP contribution in [0, 0.1) is 18.8 Å². The molecule has 3 saturated heterocycles. The molecule has 0 bridgehead atoms. The maximum atomic E-state index is 13.8. The Morgan fingerprint density at radius 2 is 1.77 bits per heavy atom. The molecule has 0 saturated carbocycles. The zero-order valence-corrected chi connectivity index (χ0v) is 26.6. The smallest absolute Gasteiger partial charge is 0.251 e. The minimum absolute atomic E-state index is 0.00209. The first-order chi connectivity index (χ1) is 21.0. The summed E-state index contributed by atoms with van der Waals surface area (Å²) >= 11 is 0. The molecule has 2 aromatic carbocycles. The van der Waals surface area contributed by atoms with Gasteiger partial charge in [0.25, 0.3) is 11.8 Å². The largest absolute Gasteiger partial charge is 0.381 e. The Labute approximate surface area is 260 Å². The Morgan fingerprint density at radius 3 is 2.41 bits per heavy atom. The molecule has 9 heteroatoms. The molecule has 0 spiro atoms. The van der Waals surface area contributed by atoms with Gasteiger partial charge in [-0.25, -0.2) is 8.78 Å². The third-order valence-electron chi connectivity index (χ3n) is 9.81. The fourth-order valence-corrected chi connectivity index (χ4v) is 7.10. The lowest BCUT2D eigenvalue weighted by atomic mass is 9.84. The van der Waals surface area contributed by atoms with Crippen LogP contribution >= 0.6 is 0 Å². The topological polar surface area (TPSA) is 73.9 Å². The third-order valence-corrected chi connectivity index (χ3v) is 9.81. The number of halogens is 2. The molecule has 5 rings (SSSR count). The molecular formula is C35H48F2N4O3. The van der Waals surface area contributed by atoms with Crippen LogP contribution in [0.5, 0.6) is 0 Å². The van der Waals surface area contributed by atoms with E-state index >= 15 is 0 Å². The van der Waals surface area contributed by atoms with Gasteiger partial charge in [0.15, 0.2) is 0 Å². The molecule has 2 N–H and O–H groups in total. The summed E-state index contributed by atoms with van der Waals surface area (Å²) < 4.78 is 32.9. The standard InChI is InChI=1S/C35H48F2N4O3/c1-5-41(29-10-16-44-17-11-29)32-20-28(27-8-6-26(7-9-27)22-40-14-12-35(36,37)13-15-40)19-30(25(32)4)33(42)38-21-31-23(2)18-24(3)39-34(31)43/h6-9,19-20,23-24,29,31H,5,10-18,21-22H2,1-4H3,(H,38,42)(H,39,43). The first-order valence-corrected chi connectivity index (χ1v) is 16.3. The van der Waals surface area contributed by atoms with Crippen LogP contribution in [0.25, 0.3) is 11.1 Å². The van der Waals surface area contributed by atoms with Crippen molar-refractivity contribution in [1.82, 2.24) is 15.5 Å². The Kier molecular flexibility index (Phi) is 10.3. The van der Waals surface area contributed by atoms with Crippen molar-refractivity contribution in [1.29, 1.82) is 0 Å². The molecule has 0 aliphatic carbocycles. The van der Waals surface area contributed by atoms with Gasteiger partial charge in [0, 0.05) is 82.1 Å². The van der Waals surface area contributed by atoms with Crippen molar-refractivity contribution in [3.63, 3.8) is 0 Å². The number of anilines is 1. The molecule has 2 amide bonds. The van der Waals surface area contributed by atoms with Crippen LogP contribution in [-0.4, -0.2) is 74.1 Å². The van der Waals surface area contributed by atoms with Crippen molar-refractivity contribution in [3.8, 4) is 11.1 Å². The predicted octanol–water partition coefficient (Wildman–Crippen LogP) is 5.79. The molecule has 240 valence electrons. The Balaban J connectivity index is 1.40. The van der Waals surface area contributed by atoms with E-state index in [-0.39, 0.29) is 42.5 Å². The minimum atomic E-state index is -2.55. The van der Waals surface area contributed by atoms with Gasteiger partial charge in [-0.1, -0.05) is 31.2 Å². The summed E-state index contributed by atoms with van der Waals surface area (Å²) in [6.07, 6.45) is 2.58. The van der Waals surface area contributed by atoms with Crippen LogP contribution < -0.4 is 15.5 Å². The number of amides is 2. The maximum Gasteiger partial charge on any atom is 0.251 e. The number of likely N-dealkylation sites (tertiary alicyclic amines) is 1. The number of nitrogens with zero attached hydrogens (tertiary/aromatic N) is 2. The van der Waals surface area contributed by atoms with Crippen LogP contribution in [0.1, 0.15) is 74.4 Å². The molecule has 3 aliphatic rings. The second-order valence-corrected chi connectivity index (χ2v) is 13.1. The Bertz CT molecular complexity index is 1300. The molecule has 7 nitrogen and oxygen atoms in total. The molecule has 2 aromatic rings. The third kappa shape index (κ3) is 7.60. The number of piperidine rings is 2. The molecule has 44 heavy (non-hydrogen) atoms. The highest BCUT2D eigenvalue weighted by molar-refractivity contribution is 5.99. The number of rotatable bonds is 9. The van der Waals surface area contributed by atoms with Crippen LogP contribution in [0.3, 0.4) is 0 Å². The molecule has 0 radical (unpaired) electrons. The summed E-state index contributed by atoms with van der Waals surface area (Å²) in [5.41, 5.74) is 5.59. The van der Waals surface area contributed by atoms with E-state index < -0.39 is 5.92 Å². The summed E-state index contributed by atoms with van der Waals surface area (Å²) in [7, 11) is 0. The van der Waals surface area contributed by atoms with Crippen molar-refractivity contribution in [3.05, 3.63) is 53.1 Å². The fraction of sp³-hybridized carbons (Fsp3) is 0.600. The van der Waals surface area contributed by atoms with Gasteiger partial charge in [-0.15, -0.1) is 0 Å². The minimum Gasteiger partial charge on any atom is -0.381 e. The summed E-state index contributed by atoms with van der Waals surface area (Å²) in [6.45, 7) is 12.2. The maximum absolute atomic E-state index is 13.8. The second-order valence-electron chi connectivity index (χ2n) is 13.1. The van der Waals surface area contributed by atoms with Gasteiger partial charge in [-0.2, -0.15) is 0 Å². The average Bonchev–Trinajstić information content (AvgIpc) is 3.00. The van der Waals surface area contributed by atoms with Gasteiger partial charge in [0.05, 0.1) is 5.92 Å². The van der Waals surface area contributed by atoms with Crippen LogP contribution in [0.15, 0.2) is 36.4 Å². The second kappa shape index (κ2) is 13.9. The number of benzene rings is 2. The number of hydrogen-bond donors (Lipinski definition) is 2. The van der Waals surface area contributed by atoms with Gasteiger partial charge in [0.2, 0.25) is 5.91 Å². The van der Waals surface area contributed by atoms with Crippen molar-refractivity contribution in [2.45, 2.75) is 84.4 Å². The van der Waals surface area contributed by atoms with Gasteiger partial charge in [-0.3, -0.25) is 14.5 Å². The molecule has 3 fully saturated rings. The highest BCUT2D eigenvalue weighted by Gasteiger charge is 2.34. The zero-order chi connectivity index (χ0) is 31.4. The first kappa shape index (κ1) is 32.4. The highest BCUT2D eigenvalue weighted by Crippen LogP contribution is 2.35. The quantitative estimate of drug-likeness (QED) is 0.376. The van der Waals surface area contributed by atoms with Crippen molar-refractivity contribution in [2.75, 3.05) is 44.3 Å². The molecule has 3 unspecified atom stereocenters. The number of carbonyl (C=O) groups excluding carboxylic acids is 2. The first-order valence-electron chi connectivity index (χ1n) is 16.3. The highest BCUT2D eigenvalue weighted by atomic mass is 19.3. The van der Waals surface area contributed by atoms with Crippen LogP contribution in [0.2, 0.25) is 0 Å². The van der Waals surface area contributed by atoms with Gasteiger partial charge in [-0.05, 0) is 80.3 Å². The van der Waals surface area contributed by atoms with Gasteiger partial charge < -0.3 is 20.3 Å². The Morgan fingerprint density at radius 1 is 1.09 bits per heavy atom. The normalized spacial score (nSPS) is 24.5. The number of hydrogen-bond acceptors (Lipinski definition) is 5. The average molecular weight is 611 g/mol. The summed E-state index contributed by atoms with van der Waals surface area (Å²) in [5.74, 6) is -2.80. The van der Waals surface area contributed by atoms with E-state index in [1.54, 1.807) is 0 Å². The van der Waals surface area contributed by atoms with E-state index in [1.165, 1.54) is 0 Å². The van der Waals surface area contributed by atoms with E-state index in [0.29, 0.717) is 37.8 Å². The SMILES string of the molecule is CCN(c1cc(-c2ccc(CN3CCC(F)(F)CC3)cc2)cc(C(=O)NCC2C(=O)NC(C)CC2C)c1C)C1CCOCC1. The predicted molar refractivity (Wildman–Crippen MR) is 170 cm³/mol. The van der Waals surface area contributed by atoms with Crippen LogP contribution in [-0.2, 0) is 16.1 Å². The summed E-state index contributed by atoms with van der Waals surface area (Å²) in [5, 5.41) is 6.11. The lowest BCUT2D eigenvalue weighted by molar-refractivity contribution is -0.129.